The van der Waals surface area contributed by atoms with Crippen LogP contribution in [0.3, 0.4) is 0 Å². The van der Waals surface area contributed by atoms with Crippen LogP contribution in [0.5, 0.6) is 6.01 Å². The van der Waals surface area contributed by atoms with Crippen molar-refractivity contribution < 1.29 is 14.0 Å². The fraction of sp³-hybridized carbons (Fsp3) is 0.765. The van der Waals surface area contributed by atoms with Crippen LogP contribution in [-0.2, 0) is 9.31 Å². The third-order valence-corrected chi connectivity index (χ3v) is 6.03. The summed E-state index contributed by atoms with van der Waals surface area (Å²) in [6, 6.07) is 0.453. The van der Waals surface area contributed by atoms with Crippen molar-refractivity contribution in [3.8, 4) is 6.01 Å². The predicted octanol–water partition coefficient (Wildman–Crippen LogP) is 1.25. The molecule has 0 aliphatic carbocycles. The summed E-state index contributed by atoms with van der Waals surface area (Å²) in [6.45, 7) is 11.6. The summed E-state index contributed by atoms with van der Waals surface area (Å²) < 4.78 is 18.1. The standard InChI is InChI=1S/C17H26BN3O3/c1-16(2)17(3,4)24-18(23-16)13-9-19-15(20-10-13)22-14-11-21-7-5-12(14)6-8-21/h9-10,12,14H,5-8,11H2,1-4H3/t14-/m0/s1. The third kappa shape index (κ3) is 2.83. The van der Waals surface area contributed by atoms with Gasteiger partial charge in [0.2, 0.25) is 0 Å². The zero-order valence-electron chi connectivity index (χ0n) is 15.0. The molecule has 0 unspecified atom stereocenters. The summed E-state index contributed by atoms with van der Waals surface area (Å²) in [4.78, 5) is 11.2. The zero-order chi connectivity index (χ0) is 16.9. The van der Waals surface area contributed by atoms with Gasteiger partial charge in [0.05, 0.1) is 11.2 Å². The van der Waals surface area contributed by atoms with Crippen LogP contribution >= 0.6 is 0 Å². The van der Waals surface area contributed by atoms with Crippen LogP contribution < -0.4 is 10.2 Å². The number of hydrogen-bond donors (Lipinski definition) is 0. The van der Waals surface area contributed by atoms with E-state index >= 15 is 0 Å². The Bertz CT molecular complexity index is 584. The van der Waals surface area contributed by atoms with Crippen molar-refractivity contribution in [2.45, 2.75) is 57.8 Å². The van der Waals surface area contributed by atoms with E-state index < -0.39 is 7.12 Å². The fourth-order valence-corrected chi connectivity index (χ4v) is 3.67. The van der Waals surface area contributed by atoms with Crippen LogP contribution in [0, 0.1) is 5.92 Å². The van der Waals surface area contributed by atoms with Gasteiger partial charge in [0, 0.05) is 24.4 Å². The van der Waals surface area contributed by atoms with E-state index in [1.807, 2.05) is 27.7 Å². The van der Waals surface area contributed by atoms with Gasteiger partial charge >= 0.3 is 13.1 Å². The lowest BCUT2D eigenvalue weighted by molar-refractivity contribution is -0.0123. The van der Waals surface area contributed by atoms with Crippen molar-refractivity contribution in [2.24, 2.45) is 5.92 Å². The molecule has 24 heavy (non-hydrogen) atoms. The van der Waals surface area contributed by atoms with Crippen LogP contribution in [0.4, 0.5) is 0 Å². The molecule has 4 fully saturated rings. The van der Waals surface area contributed by atoms with Crippen LogP contribution in [0.25, 0.3) is 0 Å². The number of fused-ring (bicyclic) bond motifs is 3. The minimum absolute atomic E-state index is 0.218. The largest absolute Gasteiger partial charge is 0.498 e. The Morgan fingerprint density at radius 1 is 1.08 bits per heavy atom. The van der Waals surface area contributed by atoms with Crippen LogP contribution in [0.2, 0.25) is 0 Å². The average Bonchev–Trinajstić information content (AvgIpc) is 2.77. The van der Waals surface area contributed by atoms with Gasteiger partial charge in [-0.1, -0.05) is 0 Å². The minimum Gasteiger partial charge on any atom is -0.458 e. The molecule has 4 saturated heterocycles. The number of nitrogens with zero attached hydrogens (tertiary/aromatic N) is 3. The predicted molar refractivity (Wildman–Crippen MR) is 91.3 cm³/mol. The Hall–Kier alpha value is -1.18. The molecule has 0 aromatic carbocycles. The number of rotatable bonds is 3. The number of hydrogen-bond acceptors (Lipinski definition) is 6. The van der Waals surface area contributed by atoms with Gasteiger partial charge in [-0.3, -0.25) is 4.90 Å². The maximum Gasteiger partial charge on any atom is 0.498 e. The maximum atomic E-state index is 6.04. The molecule has 0 spiro atoms. The van der Waals surface area contributed by atoms with E-state index in [-0.39, 0.29) is 17.3 Å². The molecular formula is C17H26BN3O3. The molecule has 0 radical (unpaired) electrons. The smallest absolute Gasteiger partial charge is 0.458 e. The molecule has 2 bridgehead atoms. The molecule has 5 rings (SSSR count). The topological polar surface area (TPSA) is 56.7 Å². The fourth-order valence-electron chi connectivity index (χ4n) is 3.67. The lowest BCUT2D eigenvalue weighted by Crippen LogP contribution is -2.52. The summed E-state index contributed by atoms with van der Waals surface area (Å²) in [6.07, 6.45) is 6.17. The van der Waals surface area contributed by atoms with E-state index in [1.54, 1.807) is 12.4 Å². The van der Waals surface area contributed by atoms with Crippen molar-refractivity contribution in [3.63, 3.8) is 0 Å². The first kappa shape index (κ1) is 16.3. The number of piperidine rings is 3. The Balaban J connectivity index is 1.42. The first-order valence-electron chi connectivity index (χ1n) is 8.91. The first-order chi connectivity index (χ1) is 11.3. The van der Waals surface area contributed by atoms with Crippen molar-refractivity contribution in [1.29, 1.82) is 0 Å². The van der Waals surface area contributed by atoms with E-state index in [1.165, 1.54) is 25.9 Å². The van der Waals surface area contributed by atoms with Gasteiger partial charge in [0.1, 0.15) is 6.10 Å². The molecule has 5 heterocycles. The molecule has 1 aromatic heterocycles. The average molecular weight is 331 g/mol. The second-order valence-corrected chi connectivity index (χ2v) is 8.18. The highest BCUT2D eigenvalue weighted by Gasteiger charge is 2.52. The maximum absolute atomic E-state index is 6.04. The highest BCUT2D eigenvalue weighted by Crippen LogP contribution is 2.36. The van der Waals surface area contributed by atoms with E-state index in [2.05, 4.69) is 14.9 Å². The number of aromatic nitrogens is 2. The quantitative estimate of drug-likeness (QED) is 0.777. The Labute approximate surface area is 144 Å². The molecule has 4 aliphatic rings. The van der Waals surface area contributed by atoms with Gasteiger partial charge in [0.25, 0.3) is 0 Å². The molecular weight excluding hydrogens is 305 g/mol. The van der Waals surface area contributed by atoms with Crippen molar-refractivity contribution >= 4 is 12.6 Å². The molecule has 130 valence electrons. The molecule has 6 nitrogen and oxygen atoms in total. The van der Waals surface area contributed by atoms with Gasteiger partial charge in [0.15, 0.2) is 0 Å². The summed E-state index contributed by atoms with van der Waals surface area (Å²) in [5, 5.41) is 0. The molecule has 1 atom stereocenters. The second-order valence-electron chi connectivity index (χ2n) is 8.18. The Morgan fingerprint density at radius 3 is 2.17 bits per heavy atom. The van der Waals surface area contributed by atoms with Crippen LogP contribution in [0.15, 0.2) is 12.4 Å². The van der Waals surface area contributed by atoms with E-state index in [4.69, 9.17) is 14.0 Å². The lowest BCUT2D eigenvalue weighted by atomic mass is 9.81. The van der Waals surface area contributed by atoms with Crippen LogP contribution in [0.1, 0.15) is 40.5 Å². The Morgan fingerprint density at radius 2 is 1.67 bits per heavy atom. The van der Waals surface area contributed by atoms with Gasteiger partial charge < -0.3 is 14.0 Å². The molecule has 1 aromatic rings. The summed E-state index contributed by atoms with van der Waals surface area (Å²) >= 11 is 0. The van der Waals surface area contributed by atoms with E-state index in [0.717, 1.165) is 12.0 Å². The minimum atomic E-state index is -0.430. The highest BCUT2D eigenvalue weighted by molar-refractivity contribution is 6.61. The third-order valence-electron chi connectivity index (χ3n) is 6.03. The lowest BCUT2D eigenvalue weighted by Gasteiger charge is -2.43. The summed E-state index contributed by atoms with van der Waals surface area (Å²) in [5.41, 5.74) is 0.112. The van der Waals surface area contributed by atoms with Crippen molar-refractivity contribution in [2.75, 3.05) is 19.6 Å². The second kappa shape index (κ2) is 5.68. The van der Waals surface area contributed by atoms with Crippen molar-refractivity contribution in [3.05, 3.63) is 12.4 Å². The summed E-state index contributed by atoms with van der Waals surface area (Å²) in [7, 11) is -0.430. The SMILES string of the molecule is CC1(C)OB(c2cnc(O[C@H]3CN4CCC3CC4)nc2)OC1(C)C. The highest BCUT2D eigenvalue weighted by atomic mass is 16.7. The normalized spacial score (nSPS) is 33.7. The van der Waals surface area contributed by atoms with Gasteiger partial charge in [-0.2, -0.15) is 0 Å². The van der Waals surface area contributed by atoms with E-state index in [9.17, 15) is 0 Å². The molecule has 7 heteroatoms. The zero-order valence-corrected chi connectivity index (χ0v) is 15.0. The molecule has 0 N–H and O–H groups in total. The van der Waals surface area contributed by atoms with Crippen molar-refractivity contribution in [1.82, 2.24) is 14.9 Å². The summed E-state index contributed by atoms with van der Waals surface area (Å²) in [5.74, 6) is 0.640. The van der Waals surface area contributed by atoms with Gasteiger partial charge in [-0.15, -0.1) is 0 Å². The van der Waals surface area contributed by atoms with Gasteiger partial charge in [-0.05, 0) is 59.5 Å². The molecule has 4 aliphatic heterocycles. The number of ether oxygens (including phenoxy) is 1. The van der Waals surface area contributed by atoms with Gasteiger partial charge in [-0.25, -0.2) is 9.97 Å². The first-order valence-corrected chi connectivity index (χ1v) is 8.91. The molecule has 0 amide bonds. The van der Waals surface area contributed by atoms with E-state index in [0.29, 0.717) is 11.9 Å². The Kier molecular flexibility index (Phi) is 3.86. The molecule has 0 saturated carbocycles. The van der Waals surface area contributed by atoms with Crippen LogP contribution in [-0.4, -0.2) is 58.9 Å². The monoisotopic (exact) mass is 331 g/mol.